The summed E-state index contributed by atoms with van der Waals surface area (Å²) < 4.78 is 0. The molecule has 2 heterocycles. The topological polar surface area (TPSA) is 35.6 Å². The third-order valence-corrected chi connectivity index (χ3v) is 6.27. The van der Waals surface area contributed by atoms with Crippen LogP contribution in [0.5, 0.6) is 0 Å². The van der Waals surface area contributed by atoms with Crippen LogP contribution in [0.4, 0.5) is 0 Å². The van der Waals surface area contributed by atoms with Crippen molar-refractivity contribution in [2.45, 2.75) is 51.4 Å². The number of nitrogens with one attached hydrogen (secondary N) is 1. The van der Waals surface area contributed by atoms with Crippen molar-refractivity contribution in [3.8, 4) is 0 Å². The first-order chi connectivity index (χ1) is 11.2. The maximum Gasteiger partial charge on any atom is 0.223 e. The van der Waals surface area contributed by atoms with Gasteiger partial charge in [-0.15, -0.1) is 0 Å². The van der Waals surface area contributed by atoms with Crippen LogP contribution < -0.4 is 5.32 Å². The molecule has 1 aliphatic carbocycles. The Balaban J connectivity index is 1.32. The molecule has 1 amide bonds. The third kappa shape index (κ3) is 5.18. The Morgan fingerprint density at radius 3 is 2.39 bits per heavy atom. The molecule has 1 saturated carbocycles. The Labute approximate surface area is 142 Å². The van der Waals surface area contributed by atoms with E-state index >= 15 is 0 Å². The van der Waals surface area contributed by atoms with Gasteiger partial charge < -0.3 is 15.1 Å². The Kier molecular flexibility index (Phi) is 6.35. The first-order valence-corrected chi connectivity index (χ1v) is 9.89. The number of carbonyl (C=O) groups is 1. The molecule has 2 saturated heterocycles. The molecule has 23 heavy (non-hydrogen) atoms. The fourth-order valence-electron chi connectivity index (χ4n) is 4.61. The van der Waals surface area contributed by atoms with E-state index < -0.39 is 0 Å². The van der Waals surface area contributed by atoms with Gasteiger partial charge in [0.25, 0.3) is 0 Å². The predicted octanol–water partition coefficient (Wildman–Crippen LogP) is 2.35. The van der Waals surface area contributed by atoms with Gasteiger partial charge in [0.2, 0.25) is 5.91 Å². The highest BCUT2D eigenvalue weighted by molar-refractivity contribution is 5.78. The van der Waals surface area contributed by atoms with Gasteiger partial charge in [-0.1, -0.05) is 19.3 Å². The van der Waals surface area contributed by atoms with Crippen LogP contribution in [0.25, 0.3) is 0 Å². The second-order valence-electron chi connectivity index (χ2n) is 8.24. The highest BCUT2D eigenvalue weighted by atomic mass is 16.1. The van der Waals surface area contributed by atoms with Gasteiger partial charge in [-0.3, -0.25) is 4.79 Å². The van der Waals surface area contributed by atoms with E-state index in [1.165, 1.54) is 71.2 Å². The summed E-state index contributed by atoms with van der Waals surface area (Å²) in [5.41, 5.74) is 0. The molecule has 0 aromatic heterocycles. The Hall–Kier alpha value is -0.610. The van der Waals surface area contributed by atoms with E-state index in [9.17, 15) is 4.79 Å². The Morgan fingerprint density at radius 2 is 1.65 bits per heavy atom. The molecule has 3 rings (SSSR count). The van der Waals surface area contributed by atoms with Crippen LogP contribution in [0.2, 0.25) is 0 Å². The van der Waals surface area contributed by atoms with Crippen molar-refractivity contribution in [3.63, 3.8) is 0 Å². The van der Waals surface area contributed by atoms with Crippen molar-refractivity contribution >= 4 is 5.91 Å². The zero-order valence-corrected chi connectivity index (χ0v) is 14.9. The molecular weight excluding hydrogens is 286 g/mol. The first kappa shape index (κ1) is 17.2. The number of rotatable bonds is 5. The van der Waals surface area contributed by atoms with Crippen molar-refractivity contribution in [1.82, 2.24) is 15.1 Å². The molecule has 0 aromatic rings. The number of piperidine rings is 1. The maximum absolute atomic E-state index is 12.3. The normalized spacial score (nSPS) is 29.0. The molecule has 4 nitrogen and oxygen atoms in total. The summed E-state index contributed by atoms with van der Waals surface area (Å²) in [4.78, 5) is 17.3. The van der Waals surface area contributed by atoms with Crippen LogP contribution in [0.15, 0.2) is 0 Å². The maximum atomic E-state index is 12.3. The molecule has 0 unspecified atom stereocenters. The second-order valence-corrected chi connectivity index (χ2v) is 8.24. The van der Waals surface area contributed by atoms with Gasteiger partial charge in [-0.25, -0.2) is 0 Å². The molecule has 0 radical (unpaired) electrons. The van der Waals surface area contributed by atoms with Gasteiger partial charge in [0.05, 0.1) is 0 Å². The molecule has 0 bridgehead atoms. The first-order valence-electron chi connectivity index (χ1n) is 9.89. The predicted molar refractivity (Wildman–Crippen MR) is 94.4 cm³/mol. The van der Waals surface area contributed by atoms with Crippen LogP contribution >= 0.6 is 0 Å². The fourth-order valence-corrected chi connectivity index (χ4v) is 4.61. The number of carbonyl (C=O) groups excluding carboxylic acids is 1. The van der Waals surface area contributed by atoms with E-state index in [0.29, 0.717) is 17.7 Å². The monoisotopic (exact) mass is 321 g/mol. The summed E-state index contributed by atoms with van der Waals surface area (Å²) >= 11 is 0. The molecule has 3 fully saturated rings. The fraction of sp³-hybridized carbons (Fsp3) is 0.947. The van der Waals surface area contributed by atoms with Crippen LogP contribution in [0, 0.1) is 17.8 Å². The molecule has 4 heteroatoms. The number of hydrogen-bond acceptors (Lipinski definition) is 3. The zero-order valence-electron chi connectivity index (χ0n) is 14.9. The summed E-state index contributed by atoms with van der Waals surface area (Å²) in [6.07, 6.45) is 10.00. The van der Waals surface area contributed by atoms with Crippen molar-refractivity contribution < 1.29 is 4.79 Å². The highest BCUT2D eigenvalue weighted by Crippen LogP contribution is 2.25. The van der Waals surface area contributed by atoms with E-state index in [1.807, 2.05) is 0 Å². The third-order valence-electron chi connectivity index (χ3n) is 6.27. The minimum atomic E-state index is 0.306. The summed E-state index contributed by atoms with van der Waals surface area (Å²) in [7, 11) is 2.23. The highest BCUT2D eigenvalue weighted by Gasteiger charge is 2.27. The van der Waals surface area contributed by atoms with Crippen molar-refractivity contribution in [3.05, 3.63) is 0 Å². The quantitative estimate of drug-likeness (QED) is 0.844. The van der Waals surface area contributed by atoms with Crippen molar-refractivity contribution in [1.29, 1.82) is 0 Å². The number of hydrogen-bond donors (Lipinski definition) is 1. The summed E-state index contributed by atoms with van der Waals surface area (Å²) in [5.74, 6) is 2.20. The zero-order chi connectivity index (χ0) is 16.1. The minimum absolute atomic E-state index is 0.306. The van der Waals surface area contributed by atoms with E-state index in [0.717, 1.165) is 25.3 Å². The molecule has 1 N–H and O–H groups in total. The number of amides is 1. The van der Waals surface area contributed by atoms with Gasteiger partial charge in [0.1, 0.15) is 0 Å². The minimum Gasteiger partial charge on any atom is -0.356 e. The van der Waals surface area contributed by atoms with Gasteiger partial charge in [0.15, 0.2) is 0 Å². The molecule has 132 valence electrons. The average molecular weight is 322 g/mol. The van der Waals surface area contributed by atoms with Gasteiger partial charge in [0, 0.05) is 25.6 Å². The summed E-state index contributed by atoms with van der Waals surface area (Å²) in [5, 5.41) is 3.25. The van der Waals surface area contributed by atoms with Crippen LogP contribution in [-0.2, 0) is 4.79 Å². The molecule has 1 atom stereocenters. The lowest BCUT2D eigenvalue weighted by Crippen LogP contribution is -2.38. The SMILES string of the molecule is CN1CCC(CN2CC[C@H](CNC(=O)C3CCCCC3)C2)CC1. The van der Waals surface area contributed by atoms with E-state index in [2.05, 4.69) is 22.2 Å². The van der Waals surface area contributed by atoms with E-state index in [4.69, 9.17) is 0 Å². The lowest BCUT2D eigenvalue weighted by Gasteiger charge is -2.31. The van der Waals surface area contributed by atoms with Crippen LogP contribution in [0.3, 0.4) is 0 Å². The second kappa shape index (κ2) is 8.48. The van der Waals surface area contributed by atoms with Crippen LogP contribution in [0.1, 0.15) is 51.4 Å². The lowest BCUT2D eigenvalue weighted by atomic mass is 9.88. The number of likely N-dealkylation sites (tertiary alicyclic amines) is 2. The van der Waals surface area contributed by atoms with Gasteiger partial charge in [-0.05, 0) is 70.6 Å². The van der Waals surface area contributed by atoms with Crippen molar-refractivity contribution in [2.75, 3.05) is 46.3 Å². The lowest BCUT2D eigenvalue weighted by molar-refractivity contribution is -0.126. The van der Waals surface area contributed by atoms with Gasteiger partial charge in [-0.2, -0.15) is 0 Å². The summed E-state index contributed by atoms with van der Waals surface area (Å²) in [6.45, 7) is 7.13. The molecule has 2 aliphatic heterocycles. The smallest absolute Gasteiger partial charge is 0.223 e. The molecule has 0 spiro atoms. The molecule has 0 aromatic carbocycles. The Morgan fingerprint density at radius 1 is 0.957 bits per heavy atom. The van der Waals surface area contributed by atoms with Crippen LogP contribution in [-0.4, -0.2) is 62.0 Å². The van der Waals surface area contributed by atoms with Crippen molar-refractivity contribution in [2.24, 2.45) is 17.8 Å². The standard InChI is InChI=1S/C19H35N3O/c1-21-10-7-16(8-11-21)14-22-12-9-17(15-22)13-20-19(23)18-5-3-2-4-6-18/h16-18H,2-15H2,1H3,(H,20,23)/t17-/m1/s1. The number of nitrogens with zero attached hydrogens (tertiary/aromatic N) is 2. The van der Waals surface area contributed by atoms with E-state index in [-0.39, 0.29) is 0 Å². The average Bonchev–Trinajstić information content (AvgIpc) is 3.03. The largest absolute Gasteiger partial charge is 0.356 e. The Bertz CT molecular complexity index is 373. The summed E-state index contributed by atoms with van der Waals surface area (Å²) in [6, 6.07) is 0. The van der Waals surface area contributed by atoms with E-state index in [1.54, 1.807) is 0 Å². The van der Waals surface area contributed by atoms with Gasteiger partial charge >= 0.3 is 0 Å². The molecule has 3 aliphatic rings. The molecular formula is C19H35N3O.